The molecule has 426 valence electrons. The fourth-order valence-corrected chi connectivity index (χ4v) is 11.7. The second kappa shape index (κ2) is 27.2. The molecule has 4 heterocycles. The summed E-state index contributed by atoms with van der Waals surface area (Å²) in [7, 11) is 3.32. The number of nitrogens with zero attached hydrogens (tertiary/aromatic N) is 8. The summed E-state index contributed by atoms with van der Waals surface area (Å²) in [6, 6.07) is 12.0. The van der Waals surface area contributed by atoms with Crippen LogP contribution in [0.3, 0.4) is 0 Å². The van der Waals surface area contributed by atoms with Crippen molar-refractivity contribution in [2.75, 3.05) is 113 Å². The number of benzene rings is 2. The fraction of sp³-hybridized carbons (Fsp3) is 0.579. The molecule has 2 saturated carbocycles. The maximum absolute atomic E-state index is 13.4. The molecule has 3 fully saturated rings. The van der Waals surface area contributed by atoms with Gasteiger partial charge in [-0.05, 0) is 62.4 Å². The molecule has 79 heavy (non-hydrogen) atoms. The lowest BCUT2D eigenvalue weighted by atomic mass is 9.49. The number of carbonyl (C=O) groups is 3. The van der Waals surface area contributed by atoms with Gasteiger partial charge in [0.15, 0.2) is 5.82 Å². The number of nitrogens with one attached hydrogen (secondary N) is 3. The van der Waals surface area contributed by atoms with Crippen LogP contribution in [-0.2, 0) is 28.5 Å². The van der Waals surface area contributed by atoms with E-state index in [-0.39, 0.29) is 48.1 Å². The number of halogens is 1. The zero-order valence-corrected chi connectivity index (χ0v) is 47.3. The standard InChI is InChI=1S/C57H76ClN11O10/c1-8-45-51(72)67(6)46-36-61-54(65-48(46)69(45)40-11-9-10-12-40)64-44-16-14-37(31-47(44)73-7)49(70)60-19-22-74-23-24-75-25-26-76-27-28-77-29-30-78-41-17-20-68(21-18-41)55-62-34-39(35-63-55)50(71)66-52-56(2,3)53(57(52,4)5)79-42-15-13-38(33-59)43(58)32-42/h13-16,31-32,34-36,40-41,45,52-53H,8-12,17-30H2,1-7H3,(H,60,70)(H,66,71)(H,61,64,65)/t45-,52?,53?/m1/s1. The number of methoxy groups -OCH3 is 1. The molecule has 8 rings (SSSR count). The van der Waals surface area contributed by atoms with E-state index in [1.165, 1.54) is 0 Å². The Hall–Kier alpha value is -6.41. The molecule has 21 nitrogen and oxygen atoms in total. The lowest BCUT2D eigenvalue weighted by Crippen LogP contribution is -2.74. The summed E-state index contributed by atoms with van der Waals surface area (Å²) < 4.78 is 40.7. The van der Waals surface area contributed by atoms with Crippen molar-refractivity contribution < 1.29 is 47.5 Å². The third-order valence-corrected chi connectivity index (χ3v) is 15.7. The molecule has 3 amide bonds. The van der Waals surface area contributed by atoms with Crippen LogP contribution in [0.15, 0.2) is 55.0 Å². The Labute approximate surface area is 468 Å². The minimum absolute atomic E-state index is 0.0596. The van der Waals surface area contributed by atoms with Gasteiger partial charge in [-0.25, -0.2) is 15.0 Å². The maximum Gasteiger partial charge on any atom is 0.254 e. The highest BCUT2D eigenvalue weighted by Crippen LogP contribution is 2.55. The Morgan fingerprint density at radius 2 is 1.46 bits per heavy atom. The monoisotopic (exact) mass is 1110 g/mol. The predicted molar refractivity (Wildman–Crippen MR) is 299 cm³/mol. The van der Waals surface area contributed by atoms with Crippen LogP contribution in [0.2, 0.25) is 5.02 Å². The highest BCUT2D eigenvalue weighted by atomic mass is 35.5. The number of rotatable bonds is 27. The molecule has 0 radical (unpaired) electrons. The molecule has 2 aromatic carbocycles. The lowest BCUT2D eigenvalue weighted by molar-refractivity contribution is -0.164. The van der Waals surface area contributed by atoms with E-state index >= 15 is 0 Å². The number of anilines is 5. The van der Waals surface area contributed by atoms with Crippen molar-refractivity contribution in [1.82, 2.24) is 30.6 Å². The van der Waals surface area contributed by atoms with Crippen molar-refractivity contribution in [1.29, 1.82) is 5.26 Å². The van der Waals surface area contributed by atoms with E-state index in [2.05, 4.69) is 74.5 Å². The molecular weight excluding hydrogens is 1030 g/mol. The quantitative estimate of drug-likeness (QED) is 0.0503. The highest BCUT2D eigenvalue weighted by molar-refractivity contribution is 6.31. The molecule has 2 aliphatic carbocycles. The third kappa shape index (κ3) is 14.1. The molecular formula is C57H76ClN11O10. The van der Waals surface area contributed by atoms with Gasteiger partial charge in [-0.2, -0.15) is 10.2 Å². The minimum atomic E-state index is -0.394. The second-order valence-electron chi connectivity index (χ2n) is 21.4. The number of fused-ring (bicyclic) bond motifs is 1. The van der Waals surface area contributed by atoms with Crippen LogP contribution in [0.25, 0.3) is 0 Å². The first-order valence-corrected chi connectivity index (χ1v) is 27.8. The van der Waals surface area contributed by atoms with Gasteiger partial charge in [0.2, 0.25) is 17.8 Å². The number of aromatic nitrogens is 4. The first-order valence-electron chi connectivity index (χ1n) is 27.5. The number of carbonyl (C=O) groups excluding carboxylic acids is 3. The molecule has 2 aliphatic heterocycles. The van der Waals surface area contributed by atoms with Crippen molar-refractivity contribution in [2.45, 2.75) is 110 Å². The van der Waals surface area contributed by atoms with Crippen molar-refractivity contribution in [3.63, 3.8) is 0 Å². The van der Waals surface area contributed by atoms with Gasteiger partial charge in [0.25, 0.3) is 11.8 Å². The van der Waals surface area contributed by atoms with Crippen LogP contribution in [-0.4, -0.2) is 161 Å². The Morgan fingerprint density at radius 3 is 2.08 bits per heavy atom. The van der Waals surface area contributed by atoms with Crippen LogP contribution >= 0.6 is 11.6 Å². The number of hydrogen-bond acceptors (Lipinski definition) is 18. The average molecular weight is 1110 g/mol. The number of piperidine rings is 1. The number of likely N-dealkylation sites (N-methyl/N-ethyl adjacent to an activating group) is 1. The first-order chi connectivity index (χ1) is 38.1. The third-order valence-electron chi connectivity index (χ3n) is 15.4. The van der Waals surface area contributed by atoms with E-state index in [1.54, 1.807) is 74.0 Å². The van der Waals surface area contributed by atoms with E-state index < -0.39 is 10.8 Å². The van der Waals surface area contributed by atoms with Crippen LogP contribution in [0.1, 0.15) is 106 Å². The smallest absolute Gasteiger partial charge is 0.254 e. The Balaban J connectivity index is 0.626. The second-order valence-corrected chi connectivity index (χ2v) is 21.9. The zero-order valence-electron chi connectivity index (χ0n) is 46.6. The molecule has 4 aliphatic rings. The number of nitriles is 1. The molecule has 0 unspecified atom stereocenters. The Morgan fingerprint density at radius 1 is 0.810 bits per heavy atom. The van der Waals surface area contributed by atoms with Gasteiger partial charge < -0.3 is 63.8 Å². The van der Waals surface area contributed by atoms with E-state index in [9.17, 15) is 19.6 Å². The normalized spacial score (nSPS) is 19.8. The topological polar surface area (TPSA) is 237 Å². The van der Waals surface area contributed by atoms with Crippen molar-refractivity contribution in [3.05, 3.63) is 76.7 Å². The molecule has 0 bridgehead atoms. The molecule has 1 atom stereocenters. The molecule has 2 aromatic heterocycles. The van der Waals surface area contributed by atoms with Crippen molar-refractivity contribution in [3.8, 4) is 17.6 Å². The molecule has 4 aromatic rings. The molecule has 22 heteroatoms. The van der Waals surface area contributed by atoms with Gasteiger partial charge >= 0.3 is 0 Å². The van der Waals surface area contributed by atoms with Gasteiger partial charge in [0.1, 0.15) is 35.4 Å². The van der Waals surface area contributed by atoms with E-state index in [1.807, 2.05) is 6.92 Å². The highest BCUT2D eigenvalue weighted by Gasteiger charge is 2.64. The van der Waals surface area contributed by atoms with E-state index in [0.29, 0.717) is 129 Å². The van der Waals surface area contributed by atoms with Gasteiger partial charge in [-0.3, -0.25) is 14.4 Å². The Bertz CT molecular complexity index is 2730. The number of ether oxygens (including phenoxy) is 7. The van der Waals surface area contributed by atoms with Crippen LogP contribution < -0.4 is 40.1 Å². The average Bonchev–Trinajstić information content (AvgIpc) is 4.03. The van der Waals surface area contributed by atoms with Crippen LogP contribution in [0.4, 0.5) is 29.1 Å². The van der Waals surface area contributed by atoms with Crippen LogP contribution in [0, 0.1) is 22.2 Å². The SMILES string of the molecule is CC[C@@H]1C(=O)N(C)c2cnc(Nc3ccc(C(=O)NCCOCCOCCOCCOCCOC4CCN(c5ncc(C(=O)NC6C(C)(C)C(Oc7ccc(C#N)c(Cl)c7)C6(C)C)cn5)CC4)cc3OC)nc2N1C1CCCC1. The number of hydrogen-bond donors (Lipinski definition) is 3. The summed E-state index contributed by atoms with van der Waals surface area (Å²) >= 11 is 6.25. The molecule has 1 saturated heterocycles. The Kier molecular flexibility index (Phi) is 20.2. The molecule has 0 spiro atoms. The fourth-order valence-electron chi connectivity index (χ4n) is 11.5. The van der Waals surface area contributed by atoms with E-state index in [0.717, 1.165) is 57.4 Å². The van der Waals surface area contributed by atoms with Gasteiger partial charge in [-0.15, -0.1) is 0 Å². The summed E-state index contributed by atoms with van der Waals surface area (Å²) in [5.74, 6) is 2.29. The first kappa shape index (κ1) is 58.7. The number of amides is 3. The zero-order chi connectivity index (χ0) is 56.1. The van der Waals surface area contributed by atoms with E-state index in [4.69, 9.17) is 49.7 Å². The summed E-state index contributed by atoms with van der Waals surface area (Å²) in [5.41, 5.74) is 1.71. The van der Waals surface area contributed by atoms with Gasteiger partial charge in [-0.1, -0.05) is 59.1 Å². The maximum atomic E-state index is 13.4. The minimum Gasteiger partial charge on any atom is -0.495 e. The van der Waals surface area contributed by atoms with Crippen molar-refractivity contribution >= 4 is 58.4 Å². The summed E-state index contributed by atoms with van der Waals surface area (Å²) in [6.45, 7) is 15.9. The van der Waals surface area contributed by atoms with Gasteiger partial charge in [0.05, 0.1) is 101 Å². The predicted octanol–water partition coefficient (Wildman–Crippen LogP) is 7.14. The lowest BCUT2D eigenvalue weighted by Gasteiger charge is -2.63. The summed E-state index contributed by atoms with van der Waals surface area (Å²) in [6.07, 6.45) is 11.4. The summed E-state index contributed by atoms with van der Waals surface area (Å²) in [5, 5.41) is 18.9. The van der Waals surface area contributed by atoms with Gasteiger partial charge in [0, 0.05) is 73.6 Å². The van der Waals surface area contributed by atoms with Crippen LogP contribution in [0.5, 0.6) is 11.5 Å². The molecule has 3 N–H and O–H groups in total. The largest absolute Gasteiger partial charge is 0.495 e. The van der Waals surface area contributed by atoms with Crippen molar-refractivity contribution in [2.24, 2.45) is 10.8 Å². The summed E-state index contributed by atoms with van der Waals surface area (Å²) in [4.78, 5) is 64.2.